The van der Waals surface area contributed by atoms with Crippen LogP contribution in [0.2, 0.25) is 0 Å². The first kappa shape index (κ1) is 13.7. The summed E-state index contributed by atoms with van der Waals surface area (Å²) in [6.45, 7) is 4.15. The smallest absolute Gasteiger partial charge is 0.316 e. The normalized spacial score (nSPS) is 12.5. The monoisotopic (exact) mass is 214 g/mol. The number of carbonyl (C=O) groups excluding carboxylic acids is 2. The quantitative estimate of drug-likeness (QED) is 0.213. The Morgan fingerprint density at radius 3 is 2.60 bits per heavy atom. The summed E-state index contributed by atoms with van der Waals surface area (Å²) in [7, 11) is 1.26. The zero-order chi connectivity index (χ0) is 11.7. The molecule has 0 spiro atoms. The Balaban J connectivity index is 3.86. The van der Waals surface area contributed by atoms with Gasteiger partial charge in [-0.05, 0) is 13.3 Å². The van der Waals surface area contributed by atoms with E-state index in [1.807, 2.05) is 0 Å². The Kier molecular flexibility index (Phi) is 7.32. The lowest BCUT2D eigenvalue weighted by atomic mass is 10.1. The van der Waals surface area contributed by atoms with Gasteiger partial charge >= 0.3 is 5.97 Å². The molecule has 86 valence electrons. The third kappa shape index (κ3) is 5.88. The van der Waals surface area contributed by atoms with Gasteiger partial charge in [-0.1, -0.05) is 13.3 Å². The Morgan fingerprint density at radius 2 is 2.07 bits per heavy atom. The molecule has 0 aliphatic heterocycles. The molecule has 0 aromatic heterocycles. The highest BCUT2D eigenvalue weighted by Crippen LogP contribution is 2.01. The fourth-order valence-corrected chi connectivity index (χ4v) is 0.848. The van der Waals surface area contributed by atoms with Crippen molar-refractivity contribution in [3.8, 4) is 0 Å². The van der Waals surface area contributed by atoms with E-state index in [9.17, 15) is 9.59 Å². The van der Waals surface area contributed by atoms with E-state index in [0.29, 0.717) is 6.61 Å². The van der Waals surface area contributed by atoms with Crippen molar-refractivity contribution >= 4 is 11.8 Å². The molecular formula is C11H18O4. The van der Waals surface area contributed by atoms with Crippen molar-refractivity contribution in [2.45, 2.75) is 26.7 Å². The molecule has 4 nitrogen and oxygen atoms in total. The summed E-state index contributed by atoms with van der Waals surface area (Å²) in [4.78, 5) is 22.3. The largest absolute Gasteiger partial charge is 0.501 e. The molecule has 0 aliphatic carbocycles. The maximum Gasteiger partial charge on any atom is 0.316 e. The lowest BCUT2D eigenvalue weighted by molar-refractivity contribution is -0.147. The highest BCUT2D eigenvalue weighted by Gasteiger charge is 2.19. The van der Waals surface area contributed by atoms with Crippen LogP contribution in [-0.2, 0) is 19.1 Å². The molecule has 0 radical (unpaired) electrons. The molecule has 0 aromatic rings. The van der Waals surface area contributed by atoms with Crippen molar-refractivity contribution in [1.29, 1.82) is 0 Å². The molecule has 0 aliphatic rings. The van der Waals surface area contributed by atoms with Crippen LogP contribution in [0, 0.1) is 5.92 Å². The molecule has 4 heteroatoms. The van der Waals surface area contributed by atoms with Crippen molar-refractivity contribution in [2.75, 3.05) is 13.7 Å². The number of hydrogen-bond acceptors (Lipinski definition) is 4. The average molecular weight is 214 g/mol. The Labute approximate surface area is 90.2 Å². The summed E-state index contributed by atoms with van der Waals surface area (Å²) >= 11 is 0. The predicted octanol–water partition coefficient (Wildman–Crippen LogP) is 1.70. The van der Waals surface area contributed by atoms with Crippen molar-refractivity contribution in [3.63, 3.8) is 0 Å². The van der Waals surface area contributed by atoms with Gasteiger partial charge in [0.05, 0.1) is 20.0 Å². The van der Waals surface area contributed by atoms with Crippen LogP contribution in [0.3, 0.4) is 0 Å². The maximum absolute atomic E-state index is 11.3. The zero-order valence-electron chi connectivity index (χ0n) is 9.49. The highest BCUT2D eigenvalue weighted by molar-refractivity contribution is 6.04. The number of allylic oxidation sites excluding steroid dienone is 1. The standard InChI is InChI=1S/C11H18O4/c1-4-5-7-15-8-6-10(12)9(2)11(13)14-3/h6,8-9H,4-5,7H2,1-3H3/b8-6+/t9-/m0/s1. The van der Waals surface area contributed by atoms with Crippen molar-refractivity contribution in [2.24, 2.45) is 5.92 Å². The summed E-state index contributed by atoms with van der Waals surface area (Å²) in [5, 5.41) is 0. The van der Waals surface area contributed by atoms with Gasteiger partial charge in [-0.3, -0.25) is 9.59 Å². The van der Waals surface area contributed by atoms with Crippen LogP contribution in [-0.4, -0.2) is 25.5 Å². The number of methoxy groups -OCH3 is 1. The minimum Gasteiger partial charge on any atom is -0.501 e. The van der Waals surface area contributed by atoms with E-state index in [2.05, 4.69) is 11.7 Å². The number of ketones is 1. The summed E-state index contributed by atoms with van der Waals surface area (Å²) < 4.78 is 9.50. The van der Waals surface area contributed by atoms with Crippen LogP contribution >= 0.6 is 0 Å². The number of rotatable bonds is 7. The van der Waals surface area contributed by atoms with E-state index < -0.39 is 11.9 Å². The Hall–Kier alpha value is -1.32. The number of carbonyl (C=O) groups is 2. The van der Waals surface area contributed by atoms with E-state index in [4.69, 9.17) is 4.74 Å². The van der Waals surface area contributed by atoms with Gasteiger partial charge in [0.25, 0.3) is 0 Å². The van der Waals surface area contributed by atoms with Gasteiger partial charge in [-0.25, -0.2) is 0 Å². The molecule has 15 heavy (non-hydrogen) atoms. The second kappa shape index (κ2) is 8.03. The fourth-order valence-electron chi connectivity index (χ4n) is 0.848. The molecule has 0 heterocycles. The summed E-state index contributed by atoms with van der Waals surface area (Å²) in [6, 6.07) is 0. The summed E-state index contributed by atoms with van der Waals surface area (Å²) in [5.41, 5.74) is 0. The number of esters is 1. The molecule has 0 aromatic carbocycles. The van der Waals surface area contributed by atoms with Crippen molar-refractivity contribution in [3.05, 3.63) is 12.3 Å². The third-order valence-electron chi connectivity index (χ3n) is 1.93. The third-order valence-corrected chi connectivity index (χ3v) is 1.93. The van der Waals surface area contributed by atoms with Gasteiger partial charge in [0.15, 0.2) is 5.78 Å². The molecular weight excluding hydrogens is 196 g/mol. The van der Waals surface area contributed by atoms with Gasteiger partial charge < -0.3 is 9.47 Å². The molecule has 1 atom stereocenters. The summed E-state index contributed by atoms with van der Waals surface area (Å²) in [6.07, 6.45) is 4.58. The molecule has 0 bridgehead atoms. The first-order valence-corrected chi connectivity index (χ1v) is 5.03. The van der Waals surface area contributed by atoms with E-state index in [1.165, 1.54) is 26.4 Å². The number of hydrogen-bond donors (Lipinski definition) is 0. The molecule has 0 unspecified atom stereocenters. The second-order valence-electron chi connectivity index (χ2n) is 3.17. The van der Waals surface area contributed by atoms with Crippen LogP contribution in [0.5, 0.6) is 0 Å². The summed E-state index contributed by atoms with van der Waals surface area (Å²) in [5.74, 6) is -1.60. The van der Waals surface area contributed by atoms with Crippen LogP contribution in [0.4, 0.5) is 0 Å². The average Bonchev–Trinajstić information content (AvgIpc) is 2.26. The van der Waals surface area contributed by atoms with E-state index in [0.717, 1.165) is 12.8 Å². The molecule has 0 rings (SSSR count). The number of unbranched alkanes of at least 4 members (excludes halogenated alkanes) is 1. The van der Waals surface area contributed by atoms with Gasteiger partial charge in [0.2, 0.25) is 0 Å². The first-order valence-electron chi connectivity index (χ1n) is 5.03. The van der Waals surface area contributed by atoms with E-state index >= 15 is 0 Å². The molecule has 0 saturated carbocycles. The van der Waals surface area contributed by atoms with Crippen LogP contribution in [0.1, 0.15) is 26.7 Å². The zero-order valence-corrected chi connectivity index (χ0v) is 9.49. The SMILES string of the molecule is CCCCO/C=C/C(=O)[C@H](C)C(=O)OC. The number of ether oxygens (including phenoxy) is 2. The van der Waals surface area contributed by atoms with Crippen LogP contribution in [0.25, 0.3) is 0 Å². The van der Waals surface area contributed by atoms with E-state index in [1.54, 1.807) is 0 Å². The Bertz CT molecular complexity index is 233. The molecule has 0 fully saturated rings. The molecule has 0 N–H and O–H groups in total. The Morgan fingerprint density at radius 1 is 1.40 bits per heavy atom. The maximum atomic E-state index is 11.3. The highest BCUT2D eigenvalue weighted by atomic mass is 16.5. The molecule has 0 saturated heterocycles. The predicted molar refractivity (Wildman–Crippen MR) is 56.2 cm³/mol. The molecule has 0 amide bonds. The topological polar surface area (TPSA) is 52.6 Å². The van der Waals surface area contributed by atoms with Crippen LogP contribution < -0.4 is 0 Å². The van der Waals surface area contributed by atoms with Gasteiger partial charge in [-0.15, -0.1) is 0 Å². The first-order chi connectivity index (χ1) is 7.13. The second-order valence-corrected chi connectivity index (χ2v) is 3.17. The van der Waals surface area contributed by atoms with Gasteiger partial charge in [0.1, 0.15) is 5.92 Å². The van der Waals surface area contributed by atoms with E-state index in [-0.39, 0.29) is 5.78 Å². The minimum absolute atomic E-state index is 0.307. The fraction of sp³-hybridized carbons (Fsp3) is 0.636. The van der Waals surface area contributed by atoms with Crippen molar-refractivity contribution in [1.82, 2.24) is 0 Å². The lowest BCUT2D eigenvalue weighted by Gasteiger charge is -2.04. The van der Waals surface area contributed by atoms with Crippen molar-refractivity contribution < 1.29 is 19.1 Å². The van der Waals surface area contributed by atoms with Gasteiger partial charge in [-0.2, -0.15) is 0 Å². The minimum atomic E-state index is -0.763. The van der Waals surface area contributed by atoms with Gasteiger partial charge in [0, 0.05) is 6.08 Å². The van der Waals surface area contributed by atoms with Crippen LogP contribution in [0.15, 0.2) is 12.3 Å². The lowest BCUT2D eigenvalue weighted by Crippen LogP contribution is -2.20.